The molecule has 152 valence electrons. The van der Waals surface area contributed by atoms with Gasteiger partial charge in [-0.15, -0.1) is 0 Å². The normalized spacial score (nSPS) is 14.6. The van der Waals surface area contributed by atoms with Crippen LogP contribution in [0.25, 0.3) is 21.8 Å². The largest absolute Gasteiger partial charge is 0.361 e. The zero-order chi connectivity index (χ0) is 20.5. The number of hydrogen-bond acceptors (Lipinski definition) is 3. The Bertz CT molecular complexity index is 1200. The lowest BCUT2D eigenvalue weighted by Crippen LogP contribution is -2.49. The molecule has 5 rings (SSSR count). The van der Waals surface area contributed by atoms with Gasteiger partial charge in [0.1, 0.15) is 5.82 Å². The minimum atomic E-state index is 0.239. The number of para-hydroxylation sites is 2. The number of hydrogen-bond donors (Lipinski definition) is 1. The standard InChI is InChI=1S/C25H26N4O/c1-18-16-24(27-23-9-5-2-6-20(18)23)28-12-14-29(15-13-28)25(30)11-10-19-17-26-22-8-4-3-7-21(19)22/h2-9,16-17,26H,10-15H2,1H3. The number of amides is 1. The number of benzene rings is 2. The number of fused-ring (bicyclic) bond motifs is 2. The molecule has 0 aliphatic carbocycles. The van der Waals surface area contributed by atoms with E-state index in [0.29, 0.717) is 6.42 Å². The summed E-state index contributed by atoms with van der Waals surface area (Å²) in [7, 11) is 0. The minimum absolute atomic E-state index is 0.239. The Morgan fingerprint density at radius 3 is 2.57 bits per heavy atom. The second kappa shape index (κ2) is 7.82. The van der Waals surface area contributed by atoms with E-state index in [1.807, 2.05) is 29.3 Å². The van der Waals surface area contributed by atoms with Gasteiger partial charge < -0.3 is 14.8 Å². The van der Waals surface area contributed by atoms with Crippen LogP contribution in [0.15, 0.2) is 60.8 Å². The second-order valence-electron chi connectivity index (χ2n) is 8.04. The van der Waals surface area contributed by atoms with E-state index in [4.69, 9.17) is 4.98 Å². The Hall–Kier alpha value is -3.34. The van der Waals surface area contributed by atoms with E-state index >= 15 is 0 Å². The zero-order valence-corrected chi connectivity index (χ0v) is 17.3. The lowest BCUT2D eigenvalue weighted by Gasteiger charge is -2.35. The molecule has 1 fully saturated rings. The third-order valence-corrected chi connectivity index (χ3v) is 6.15. The van der Waals surface area contributed by atoms with Crippen LogP contribution in [-0.2, 0) is 11.2 Å². The summed E-state index contributed by atoms with van der Waals surface area (Å²) < 4.78 is 0. The van der Waals surface area contributed by atoms with Crippen molar-refractivity contribution < 1.29 is 4.79 Å². The molecule has 0 atom stereocenters. The zero-order valence-electron chi connectivity index (χ0n) is 17.3. The van der Waals surface area contributed by atoms with Gasteiger partial charge in [0, 0.05) is 55.1 Å². The third-order valence-electron chi connectivity index (χ3n) is 6.15. The summed E-state index contributed by atoms with van der Waals surface area (Å²) in [5.41, 5.74) is 4.62. The number of piperazine rings is 1. The molecule has 2 aromatic heterocycles. The first-order valence-corrected chi connectivity index (χ1v) is 10.6. The second-order valence-corrected chi connectivity index (χ2v) is 8.04. The van der Waals surface area contributed by atoms with E-state index in [1.165, 1.54) is 21.9 Å². The van der Waals surface area contributed by atoms with Crippen LogP contribution in [0.4, 0.5) is 5.82 Å². The summed E-state index contributed by atoms with van der Waals surface area (Å²) in [6.45, 7) is 5.28. The van der Waals surface area contributed by atoms with Crippen molar-refractivity contribution in [2.75, 3.05) is 31.1 Å². The first kappa shape index (κ1) is 18.7. The SMILES string of the molecule is Cc1cc(N2CCN(C(=O)CCc3c[nH]c4ccccc34)CC2)nc2ccccc12. The maximum atomic E-state index is 12.8. The van der Waals surface area contributed by atoms with Crippen molar-refractivity contribution in [2.24, 2.45) is 0 Å². The highest BCUT2D eigenvalue weighted by molar-refractivity contribution is 5.85. The fraction of sp³-hybridized carbons (Fsp3) is 0.280. The number of carbonyl (C=O) groups excluding carboxylic acids is 1. The smallest absolute Gasteiger partial charge is 0.223 e. The van der Waals surface area contributed by atoms with Crippen LogP contribution >= 0.6 is 0 Å². The molecule has 0 bridgehead atoms. The monoisotopic (exact) mass is 398 g/mol. The van der Waals surface area contributed by atoms with Crippen molar-refractivity contribution in [3.05, 3.63) is 71.9 Å². The van der Waals surface area contributed by atoms with Crippen molar-refractivity contribution in [2.45, 2.75) is 19.8 Å². The van der Waals surface area contributed by atoms with E-state index in [1.54, 1.807) is 0 Å². The number of carbonyl (C=O) groups is 1. The van der Waals surface area contributed by atoms with Gasteiger partial charge in [-0.2, -0.15) is 0 Å². The molecule has 0 unspecified atom stereocenters. The molecule has 1 aliphatic heterocycles. The number of aromatic nitrogens is 2. The van der Waals surface area contributed by atoms with Crippen LogP contribution in [0.1, 0.15) is 17.5 Å². The van der Waals surface area contributed by atoms with Crippen molar-refractivity contribution in [3.8, 4) is 0 Å². The summed E-state index contributed by atoms with van der Waals surface area (Å²) in [4.78, 5) is 25.2. The van der Waals surface area contributed by atoms with E-state index in [9.17, 15) is 4.79 Å². The molecule has 0 saturated carbocycles. The number of anilines is 1. The molecule has 5 heteroatoms. The minimum Gasteiger partial charge on any atom is -0.361 e. The molecule has 1 N–H and O–H groups in total. The van der Waals surface area contributed by atoms with Crippen LogP contribution < -0.4 is 4.90 Å². The van der Waals surface area contributed by atoms with E-state index in [-0.39, 0.29) is 5.91 Å². The summed E-state index contributed by atoms with van der Waals surface area (Å²) in [5.74, 6) is 1.25. The summed E-state index contributed by atoms with van der Waals surface area (Å²) >= 11 is 0. The Morgan fingerprint density at radius 1 is 1.00 bits per heavy atom. The Kier molecular flexibility index (Phi) is 4.87. The molecule has 1 saturated heterocycles. The molecule has 4 aromatic rings. The molecule has 1 aliphatic rings. The van der Waals surface area contributed by atoms with Crippen LogP contribution in [0.3, 0.4) is 0 Å². The summed E-state index contributed by atoms with van der Waals surface area (Å²) in [6.07, 6.45) is 3.35. The summed E-state index contributed by atoms with van der Waals surface area (Å²) in [6, 6.07) is 18.7. The number of H-pyrrole nitrogens is 1. The number of pyridine rings is 1. The lowest BCUT2D eigenvalue weighted by molar-refractivity contribution is -0.131. The molecule has 1 amide bonds. The van der Waals surface area contributed by atoms with Gasteiger partial charge in [-0.3, -0.25) is 4.79 Å². The van der Waals surface area contributed by atoms with Crippen LogP contribution in [0.5, 0.6) is 0 Å². The average Bonchev–Trinajstić information content (AvgIpc) is 3.21. The fourth-order valence-corrected chi connectivity index (χ4v) is 4.42. The van der Waals surface area contributed by atoms with E-state index < -0.39 is 0 Å². The molecular weight excluding hydrogens is 372 g/mol. The predicted molar refractivity (Wildman–Crippen MR) is 122 cm³/mol. The van der Waals surface area contributed by atoms with Gasteiger partial charge in [0.05, 0.1) is 5.52 Å². The maximum absolute atomic E-state index is 12.8. The third kappa shape index (κ3) is 3.52. The molecule has 0 radical (unpaired) electrons. The van der Waals surface area contributed by atoms with Gasteiger partial charge in [0.25, 0.3) is 0 Å². The molecule has 5 nitrogen and oxygen atoms in total. The van der Waals surface area contributed by atoms with Crippen LogP contribution in [-0.4, -0.2) is 47.0 Å². The van der Waals surface area contributed by atoms with Crippen molar-refractivity contribution in [1.29, 1.82) is 0 Å². The highest BCUT2D eigenvalue weighted by Crippen LogP contribution is 2.24. The molecule has 0 spiro atoms. The van der Waals surface area contributed by atoms with Crippen LogP contribution in [0.2, 0.25) is 0 Å². The number of nitrogens with one attached hydrogen (secondary N) is 1. The first-order chi connectivity index (χ1) is 14.7. The van der Waals surface area contributed by atoms with Crippen molar-refractivity contribution in [1.82, 2.24) is 14.9 Å². The quantitative estimate of drug-likeness (QED) is 0.557. The topological polar surface area (TPSA) is 52.2 Å². The van der Waals surface area contributed by atoms with Crippen molar-refractivity contribution >= 4 is 33.5 Å². The number of nitrogens with zero attached hydrogens (tertiary/aromatic N) is 3. The first-order valence-electron chi connectivity index (χ1n) is 10.6. The van der Waals surface area contributed by atoms with Gasteiger partial charge in [-0.05, 0) is 42.7 Å². The number of rotatable bonds is 4. The Morgan fingerprint density at radius 2 is 1.73 bits per heavy atom. The number of aryl methyl sites for hydroxylation is 2. The van der Waals surface area contributed by atoms with Gasteiger partial charge in [0.15, 0.2) is 0 Å². The Balaban J connectivity index is 1.21. The molecule has 3 heterocycles. The van der Waals surface area contributed by atoms with Crippen molar-refractivity contribution in [3.63, 3.8) is 0 Å². The van der Waals surface area contributed by atoms with Gasteiger partial charge in [-0.25, -0.2) is 4.98 Å². The van der Waals surface area contributed by atoms with Gasteiger partial charge in [-0.1, -0.05) is 36.4 Å². The highest BCUT2D eigenvalue weighted by Gasteiger charge is 2.22. The van der Waals surface area contributed by atoms with Gasteiger partial charge >= 0.3 is 0 Å². The Labute approximate surface area is 176 Å². The van der Waals surface area contributed by atoms with E-state index in [0.717, 1.165) is 49.5 Å². The number of aromatic amines is 1. The molecular formula is C25H26N4O. The fourth-order valence-electron chi connectivity index (χ4n) is 4.42. The average molecular weight is 399 g/mol. The van der Waals surface area contributed by atoms with Gasteiger partial charge in [0.2, 0.25) is 5.91 Å². The summed E-state index contributed by atoms with van der Waals surface area (Å²) in [5, 5.41) is 2.42. The lowest BCUT2D eigenvalue weighted by atomic mass is 10.1. The molecule has 2 aromatic carbocycles. The van der Waals surface area contributed by atoms with E-state index in [2.05, 4.69) is 53.2 Å². The van der Waals surface area contributed by atoms with Crippen LogP contribution in [0, 0.1) is 6.92 Å². The molecule has 30 heavy (non-hydrogen) atoms. The highest BCUT2D eigenvalue weighted by atomic mass is 16.2. The predicted octanol–water partition coefficient (Wildman–Crippen LogP) is 4.31. The maximum Gasteiger partial charge on any atom is 0.223 e.